The van der Waals surface area contributed by atoms with Crippen molar-refractivity contribution in [3.63, 3.8) is 0 Å². The number of nitrogens with zero attached hydrogens (tertiary/aromatic N) is 1. The van der Waals surface area contributed by atoms with Crippen LogP contribution in [0.2, 0.25) is 0 Å². The van der Waals surface area contributed by atoms with Crippen LogP contribution in [0.3, 0.4) is 0 Å². The molecular weight excluding hydrogens is 224 g/mol. The fourth-order valence-electron chi connectivity index (χ4n) is 2.72. The van der Waals surface area contributed by atoms with Crippen LogP contribution in [-0.4, -0.2) is 38.7 Å². The highest BCUT2D eigenvalue weighted by atomic mass is 16.5. The molecule has 1 atom stereocenters. The van der Waals surface area contributed by atoms with Crippen molar-refractivity contribution in [1.82, 2.24) is 10.2 Å². The number of benzene rings is 1. The first kappa shape index (κ1) is 13.4. The Morgan fingerprint density at radius 3 is 2.44 bits per heavy atom. The standard InChI is InChI=1S/C15H24N2O/c1-16-10-9-15(17-11-3-4-12-17)13-5-7-14(18-2)8-6-13/h5-8,15-16H,3-4,9-12H2,1-2H3. The molecule has 1 N–H and O–H groups in total. The van der Waals surface area contributed by atoms with E-state index in [4.69, 9.17) is 4.74 Å². The molecule has 18 heavy (non-hydrogen) atoms. The van der Waals surface area contributed by atoms with Gasteiger partial charge in [-0.05, 0) is 63.6 Å². The predicted octanol–water partition coefficient (Wildman–Crippen LogP) is 2.44. The molecule has 1 aliphatic heterocycles. The molecule has 0 spiro atoms. The molecule has 0 amide bonds. The Labute approximate surface area is 110 Å². The van der Waals surface area contributed by atoms with Crippen molar-refractivity contribution in [2.75, 3.05) is 33.8 Å². The quantitative estimate of drug-likeness (QED) is 0.837. The molecule has 0 aromatic heterocycles. The fourth-order valence-corrected chi connectivity index (χ4v) is 2.72. The Balaban J connectivity index is 2.10. The largest absolute Gasteiger partial charge is 0.497 e. The van der Waals surface area contributed by atoms with Gasteiger partial charge in [-0.3, -0.25) is 4.90 Å². The average molecular weight is 248 g/mol. The van der Waals surface area contributed by atoms with Crippen LogP contribution in [0.5, 0.6) is 5.75 Å². The zero-order valence-electron chi connectivity index (χ0n) is 11.5. The van der Waals surface area contributed by atoms with Crippen LogP contribution >= 0.6 is 0 Å². The van der Waals surface area contributed by atoms with E-state index in [0.29, 0.717) is 6.04 Å². The molecule has 0 radical (unpaired) electrons. The van der Waals surface area contributed by atoms with Gasteiger partial charge in [0, 0.05) is 6.04 Å². The Bertz CT molecular complexity index is 344. The van der Waals surface area contributed by atoms with Crippen molar-refractivity contribution in [3.8, 4) is 5.75 Å². The van der Waals surface area contributed by atoms with E-state index in [2.05, 4.69) is 34.5 Å². The van der Waals surface area contributed by atoms with E-state index in [9.17, 15) is 0 Å². The molecule has 0 saturated carbocycles. The second-order valence-electron chi connectivity index (χ2n) is 4.92. The summed E-state index contributed by atoms with van der Waals surface area (Å²) < 4.78 is 5.23. The van der Waals surface area contributed by atoms with Crippen LogP contribution < -0.4 is 10.1 Å². The third-order valence-corrected chi connectivity index (χ3v) is 3.75. The number of rotatable bonds is 6. The maximum absolute atomic E-state index is 5.23. The highest BCUT2D eigenvalue weighted by Gasteiger charge is 2.22. The van der Waals surface area contributed by atoms with Crippen LogP contribution in [-0.2, 0) is 0 Å². The van der Waals surface area contributed by atoms with Crippen molar-refractivity contribution >= 4 is 0 Å². The van der Waals surface area contributed by atoms with E-state index < -0.39 is 0 Å². The third-order valence-electron chi connectivity index (χ3n) is 3.75. The lowest BCUT2D eigenvalue weighted by molar-refractivity contribution is 0.233. The summed E-state index contributed by atoms with van der Waals surface area (Å²) in [5.74, 6) is 0.938. The van der Waals surface area contributed by atoms with Crippen molar-refractivity contribution < 1.29 is 4.74 Å². The lowest BCUT2D eigenvalue weighted by atomic mass is 10.0. The van der Waals surface area contributed by atoms with Gasteiger partial charge in [0.1, 0.15) is 5.75 Å². The van der Waals surface area contributed by atoms with Crippen molar-refractivity contribution in [3.05, 3.63) is 29.8 Å². The zero-order chi connectivity index (χ0) is 12.8. The lowest BCUT2D eigenvalue weighted by Gasteiger charge is -2.28. The summed E-state index contributed by atoms with van der Waals surface area (Å²) in [6.07, 6.45) is 3.85. The molecule has 0 aliphatic carbocycles. The highest BCUT2D eigenvalue weighted by Crippen LogP contribution is 2.28. The fraction of sp³-hybridized carbons (Fsp3) is 0.600. The molecule has 1 saturated heterocycles. The van der Waals surface area contributed by atoms with E-state index >= 15 is 0 Å². The first-order chi connectivity index (χ1) is 8.85. The average Bonchev–Trinajstić information content (AvgIpc) is 2.94. The Morgan fingerprint density at radius 1 is 1.22 bits per heavy atom. The first-order valence-electron chi connectivity index (χ1n) is 6.87. The van der Waals surface area contributed by atoms with E-state index in [0.717, 1.165) is 12.3 Å². The second-order valence-corrected chi connectivity index (χ2v) is 4.92. The van der Waals surface area contributed by atoms with Gasteiger partial charge in [-0.2, -0.15) is 0 Å². The molecule has 1 heterocycles. The maximum Gasteiger partial charge on any atom is 0.118 e. The number of nitrogens with one attached hydrogen (secondary N) is 1. The van der Waals surface area contributed by atoms with Crippen molar-refractivity contribution in [2.24, 2.45) is 0 Å². The monoisotopic (exact) mass is 248 g/mol. The van der Waals surface area contributed by atoms with Gasteiger partial charge in [-0.25, -0.2) is 0 Å². The molecule has 3 nitrogen and oxygen atoms in total. The summed E-state index contributed by atoms with van der Waals surface area (Å²) >= 11 is 0. The SMILES string of the molecule is CNCCC(c1ccc(OC)cc1)N1CCCC1. The molecule has 1 unspecified atom stereocenters. The smallest absolute Gasteiger partial charge is 0.118 e. The van der Waals surface area contributed by atoms with Crippen LogP contribution in [0.1, 0.15) is 30.9 Å². The Hall–Kier alpha value is -1.06. The molecule has 2 rings (SSSR count). The van der Waals surface area contributed by atoms with Gasteiger partial charge in [0.2, 0.25) is 0 Å². The van der Waals surface area contributed by atoms with E-state index in [1.807, 2.05) is 7.05 Å². The van der Waals surface area contributed by atoms with E-state index in [-0.39, 0.29) is 0 Å². The predicted molar refractivity (Wildman–Crippen MR) is 75.1 cm³/mol. The molecule has 3 heteroatoms. The van der Waals surface area contributed by atoms with Crippen LogP contribution in [0.25, 0.3) is 0 Å². The lowest BCUT2D eigenvalue weighted by Crippen LogP contribution is -2.28. The molecule has 1 aromatic rings. The van der Waals surface area contributed by atoms with Crippen molar-refractivity contribution in [1.29, 1.82) is 0 Å². The molecule has 100 valence electrons. The van der Waals surface area contributed by atoms with Crippen LogP contribution in [0.15, 0.2) is 24.3 Å². The van der Waals surface area contributed by atoms with Gasteiger partial charge in [0.15, 0.2) is 0 Å². The molecule has 1 fully saturated rings. The summed E-state index contributed by atoms with van der Waals surface area (Å²) in [5, 5.41) is 3.26. The third kappa shape index (κ3) is 3.24. The van der Waals surface area contributed by atoms with Gasteiger partial charge in [0.25, 0.3) is 0 Å². The number of likely N-dealkylation sites (tertiary alicyclic amines) is 1. The number of methoxy groups -OCH3 is 1. The van der Waals surface area contributed by atoms with Gasteiger partial charge < -0.3 is 10.1 Å². The van der Waals surface area contributed by atoms with Gasteiger partial charge in [0.05, 0.1) is 7.11 Å². The van der Waals surface area contributed by atoms with E-state index in [1.165, 1.54) is 37.9 Å². The first-order valence-corrected chi connectivity index (χ1v) is 6.87. The molecule has 0 bridgehead atoms. The number of hydrogen-bond acceptors (Lipinski definition) is 3. The molecular formula is C15H24N2O. The van der Waals surface area contributed by atoms with Crippen LogP contribution in [0, 0.1) is 0 Å². The topological polar surface area (TPSA) is 24.5 Å². The minimum atomic E-state index is 0.547. The molecule has 1 aliphatic rings. The van der Waals surface area contributed by atoms with Gasteiger partial charge >= 0.3 is 0 Å². The van der Waals surface area contributed by atoms with Gasteiger partial charge in [-0.1, -0.05) is 12.1 Å². The normalized spacial score (nSPS) is 17.9. The summed E-state index contributed by atoms with van der Waals surface area (Å²) in [5.41, 5.74) is 1.41. The summed E-state index contributed by atoms with van der Waals surface area (Å²) in [4.78, 5) is 2.61. The summed E-state index contributed by atoms with van der Waals surface area (Å²) in [7, 11) is 3.74. The number of ether oxygens (including phenoxy) is 1. The molecule has 1 aromatic carbocycles. The second kappa shape index (κ2) is 6.76. The zero-order valence-corrected chi connectivity index (χ0v) is 11.5. The minimum absolute atomic E-state index is 0.547. The summed E-state index contributed by atoms with van der Waals surface area (Å²) in [6.45, 7) is 3.54. The van der Waals surface area contributed by atoms with Gasteiger partial charge in [-0.15, -0.1) is 0 Å². The van der Waals surface area contributed by atoms with E-state index in [1.54, 1.807) is 7.11 Å². The Kier molecular flexibility index (Phi) is 5.02. The maximum atomic E-state index is 5.23. The van der Waals surface area contributed by atoms with Crippen LogP contribution in [0.4, 0.5) is 0 Å². The minimum Gasteiger partial charge on any atom is -0.497 e. The highest BCUT2D eigenvalue weighted by molar-refractivity contribution is 5.29. The summed E-state index contributed by atoms with van der Waals surface area (Å²) in [6, 6.07) is 9.09. The Morgan fingerprint density at radius 2 is 1.89 bits per heavy atom. The van der Waals surface area contributed by atoms with Crippen molar-refractivity contribution in [2.45, 2.75) is 25.3 Å². The number of hydrogen-bond donors (Lipinski definition) is 1.